The minimum Gasteiger partial charge on any atom is -0.455 e. The van der Waals surface area contributed by atoms with Crippen LogP contribution in [-0.4, -0.2) is 23.5 Å². The predicted octanol–water partition coefficient (Wildman–Crippen LogP) is 1.74. The van der Waals surface area contributed by atoms with Gasteiger partial charge in [-0.3, -0.25) is 20.4 Å². The van der Waals surface area contributed by atoms with E-state index in [9.17, 15) is 9.59 Å². The van der Waals surface area contributed by atoms with Crippen LogP contribution in [0.5, 0.6) is 0 Å². The molecule has 1 aliphatic rings. The Hall–Kier alpha value is -3.14. The van der Waals surface area contributed by atoms with E-state index >= 15 is 0 Å². The number of furan rings is 1. The summed E-state index contributed by atoms with van der Waals surface area (Å²) in [7, 11) is 0. The summed E-state index contributed by atoms with van der Waals surface area (Å²) in [4.78, 5) is 24.7. The second-order valence-corrected chi connectivity index (χ2v) is 7.11. The van der Waals surface area contributed by atoms with E-state index < -0.39 is 11.8 Å². The van der Waals surface area contributed by atoms with Crippen molar-refractivity contribution in [3.05, 3.63) is 56.9 Å². The topological polar surface area (TPSA) is 148 Å². The molecule has 3 rings (SSSR count). The molecule has 0 saturated heterocycles. The number of guanidine groups is 1. The van der Waals surface area contributed by atoms with Gasteiger partial charge in [-0.2, -0.15) is 5.10 Å². The average Bonchev–Trinajstić information content (AvgIpc) is 3.02. The van der Waals surface area contributed by atoms with Crippen molar-refractivity contribution in [3.63, 3.8) is 0 Å². The van der Waals surface area contributed by atoms with Crippen LogP contribution in [0.1, 0.15) is 50.6 Å². The van der Waals surface area contributed by atoms with Gasteiger partial charge in [0.05, 0.1) is 5.71 Å². The minimum atomic E-state index is -0.557. The van der Waals surface area contributed by atoms with Crippen LogP contribution in [0.25, 0.3) is 0 Å². The van der Waals surface area contributed by atoms with Crippen molar-refractivity contribution in [2.75, 3.05) is 0 Å². The van der Waals surface area contributed by atoms with Gasteiger partial charge in [0.25, 0.3) is 5.91 Å². The Balaban J connectivity index is 1.76. The molecule has 1 aromatic heterocycles. The number of nitrogens with one attached hydrogen (secondary N) is 2. The van der Waals surface area contributed by atoms with E-state index in [1.165, 1.54) is 0 Å². The maximum atomic E-state index is 12.5. The molecule has 1 heterocycles. The SMILES string of the molecule is Cc1c(C(=O)NNC(=O)c2ccc(Br)cc2)oc2c1/C(=N/N=C(N)N)CCC2. The van der Waals surface area contributed by atoms with Crippen molar-refractivity contribution >= 4 is 39.4 Å². The third-order valence-corrected chi connectivity index (χ3v) is 4.74. The van der Waals surface area contributed by atoms with Crippen LogP contribution in [0.4, 0.5) is 0 Å². The lowest BCUT2D eigenvalue weighted by Gasteiger charge is -2.11. The van der Waals surface area contributed by atoms with E-state index in [-0.39, 0.29) is 11.7 Å². The van der Waals surface area contributed by atoms with Gasteiger partial charge in [0.2, 0.25) is 5.96 Å². The van der Waals surface area contributed by atoms with Crippen molar-refractivity contribution in [3.8, 4) is 0 Å². The largest absolute Gasteiger partial charge is 0.455 e. The first-order valence-electron chi connectivity index (χ1n) is 8.51. The van der Waals surface area contributed by atoms with Gasteiger partial charge in [-0.05, 0) is 44.0 Å². The number of fused-ring (bicyclic) bond motifs is 1. The number of hydrazine groups is 1. The zero-order valence-corrected chi connectivity index (χ0v) is 16.7. The third kappa shape index (κ3) is 4.22. The molecule has 0 saturated carbocycles. The smallest absolute Gasteiger partial charge is 0.305 e. The summed E-state index contributed by atoms with van der Waals surface area (Å²) >= 11 is 3.30. The van der Waals surface area contributed by atoms with Crippen LogP contribution in [0.2, 0.25) is 0 Å². The van der Waals surface area contributed by atoms with Gasteiger partial charge in [-0.1, -0.05) is 15.9 Å². The molecule has 0 atom stereocenters. The fourth-order valence-electron chi connectivity index (χ4n) is 2.95. The van der Waals surface area contributed by atoms with Crippen LogP contribution >= 0.6 is 15.9 Å². The van der Waals surface area contributed by atoms with Crippen molar-refractivity contribution in [1.82, 2.24) is 10.9 Å². The molecule has 0 fully saturated rings. The van der Waals surface area contributed by atoms with Crippen molar-refractivity contribution in [1.29, 1.82) is 0 Å². The molecule has 1 aliphatic carbocycles. The highest BCUT2D eigenvalue weighted by Gasteiger charge is 2.28. The van der Waals surface area contributed by atoms with Gasteiger partial charge in [0.1, 0.15) is 5.76 Å². The molecule has 2 aromatic rings. The van der Waals surface area contributed by atoms with E-state index in [0.29, 0.717) is 35.4 Å². The van der Waals surface area contributed by atoms with E-state index in [1.54, 1.807) is 31.2 Å². The zero-order valence-electron chi connectivity index (χ0n) is 15.1. The Kier molecular flexibility index (Phi) is 5.78. The summed E-state index contributed by atoms with van der Waals surface area (Å²) < 4.78 is 6.58. The molecule has 2 amide bonds. The Labute approximate surface area is 169 Å². The molecule has 146 valence electrons. The standard InChI is InChI=1S/C18H19BrN6O3/c1-9-14-12(22-25-18(20)21)3-2-4-13(14)28-15(9)17(27)24-23-16(26)10-5-7-11(19)8-6-10/h5-8H,2-4H2,1H3,(H,23,26)(H,24,27)(H4,20,21,25)/b22-12+. The van der Waals surface area contributed by atoms with E-state index in [1.807, 2.05) is 0 Å². The first-order valence-corrected chi connectivity index (χ1v) is 9.30. The number of hydrogen-bond acceptors (Lipinski definition) is 5. The van der Waals surface area contributed by atoms with E-state index in [2.05, 4.69) is 37.0 Å². The summed E-state index contributed by atoms with van der Waals surface area (Å²) in [6.45, 7) is 1.75. The Bertz CT molecular complexity index is 974. The first kappa shape index (κ1) is 19.6. The first-order chi connectivity index (χ1) is 13.4. The third-order valence-electron chi connectivity index (χ3n) is 4.21. The van der Waals surface area contributed by atoms with Crippen LogP contribution in [0.15, 0.2) is 43.4 Å². The summed E-state index contributed by atoms with van der Waals surface area (Å²) in [5.74, 6) is -0.379. The van der Waals surface area contributed by atoms with Crippen molar-refractivity contribution in [2.45, 2.75) is 26.2 Å². The lowest BCUT2D eigenvalue weighted by molar-refractivity contribution is 0.0829. The maximum Gasteiger partial charge on any atom is 0.305 e. The maximum absolute atomic E-state index is 12.5. The number of nitrogens with two attached hydrogens (primary N) is 2. The fraction of sp³-hybridized carbons (Fsp3) is 0.222. The normalized spacial score (nSPS) is 14.3. The number of nitrogens with zero attached hydrogens (tertiary/aromatic N) is 2. The Morgan fingerprint density at radius 3 is 2.46 bits per heavy atom. The quantitative estimate of drug-likeness (QED) is 0.321. The second kappa shape index (κ2) is 8.26. The number of hydrogen-bond donors (Lipinski definition) is 4. The van der Waals surface area contributed by atoms with E-state index in [0.717, 1.165) is 16.5 Å². The highest BCUT2D eigenvalue weighted by Crippen LogP contribution is 2.30. The summed E-state index contributed by atoms with van der Waals surface area (Å²) in [5.41, 5.74) is 17.8. The summed E-state index contributed by atoms with van der Waals surface area (Å²) in [6, 6.07) is 6.74. The average molecular weight is 447 g/mol. The summed E-state index contributed by atoms with van der Waals surface area (Å²) in [5, 5.41) is 7.77. The number of aryl methyl sites for hydroxylation is 1. The molecule has 6 N–H and O–H groups in total. The minimum absolute atomic E-state index is 0.111. The molecule has 0 bridgehead atoms. The van der Waals surface area contributed by atoms with Gasteiger partial charge >= 0.3 is 5.91 Å². The molecular weight excluding hydrogens is 428 g/mol. The van der Waals surface area contributed by atoms with E-state index in [4.69, 9.17) is 15.9 Å². The molecule has 0 aliphatic heterocycles. The molecule has 28 heavy (non-hydrogen) atoms. The number of benzene rings is 1. The van der Waals surface area contributed by atoms with Crippen LogP contribution in [-0.2, 0) is 6.42 Å². The molecule has 9 nitrogen and oxygen atoms in total. The number of carbonyl (C=O) groups excluding carboxylic acids is 2. The van der Waals surface area contributed by atoms with Crippen LogP contribution < -0.4 is 22.3 Å². The zero-order chi connectivity index (χ0) is 20.3. The Morgan fingerprint density at radius 2 is 1.79 bits per heavy atom. The molecule has 1 aromatic carbocycles. The Morgan fingerprint density at radius 1 is 1.11 bits per heavy atom. The molecule has 0 spiro atoms. The van der Waals surface area contributed by atoms with Crippen molar-refractivity contribution in [2.24, 2.45) is 21.7 Å². The molecule has 0 radical (unpaired) electrons. The van der Waals surface area contributed by atoms with Gasteiger partial charge in [-0.25, -0.2) is 0 Å². The van der Waals surface area contributed by atoms with Crippen molar-refractivity contribution < 1.29 is 14.0 Å². The van der Waals surface area contributed by atoms with Gasteiger partial charge in [0, 0.05) is 27.6 Å². The summed E-state index contributed by atoms with van der Waals surface area (Å²) in [6.07, 6.45) is 2.15. The fourth-order valence-corrected chi connectivity index (χ4v) is 3.21. The number of carbonyl (C=O) groups is 2. The molecular formula is C18H19BrN6O3. The van der Waals surface area contributed by atoms with Gasteiger partial charge < -0.3 is 15.9 Å². The van der Waals surface area contributed by atoms with Gasteiger partial charge in [-0.15, -0.1) is 5.10 Å². The molecule has 10 heteroatoms. The lowest BCUT2D eigenvalue weighted by Crippen LogP contribution is -2.41. The highest BCUT2D eigenvalue weighted by molar-refractivity contribution is 9.10. The lowest BCUT2D eigenvalue weighted by atomic mass is 9.93. The van der Waals surface area contributed by atoms with Gasteiger partial charge in [0.15, 0.2) is 5.76 Å². The number of amides is 2. The monoisotopic (exact) mass is 446 g/mol. The van der Waals surface area contributed by atoms with Crippen LogP contribution in [0, 0.1) is 6.92 Å². The number of rotatable bonds is 3. The highest BCUT2D eigenvalue weighted by atomic mass is 79.9. The predicted molar refractivity (Wildman–Crippen MR) is 108 cm³/mol. The molecule has 0 unspecified atom stereocenters. The second-order valence-electron chi connectivity index (χ2n) is 6.19. The number of halogens is 1. The van der Waals surface area contributed by atoms with Crippen LogP contribution in [0.3, 0.4) is 0 Å².